The van der Waals surface area contributed by atoms with Crippen molar-refractivity contribution in [1.82, 2.24) is 25.7 Å². The Morgan fingerprint density at radius 1 is 1.17 bits per heavy atom. The van der Waals surface area contributed by atoms with Crippen molar-refractivity contribution >= 4 is 23.2 Å². The molecule has 2 atom stereocenters. The number of carbonyl (C=O) groups is 2. The van der Waals surface area contributed by atoms with E-state index in [0.29, 0.717) is 19.5 Å². The first-order chi connectivity index (χ1) is 14.0. The van der Waals surface area contributed by atoms with Gasteiger partial charge in [0.1, 0.15) is 10.0 Å². The molecule has 1 fully saturated rings. The van der Waals surface area contributed by atoms with Gasteiger partial charge in [-0.05, 0) is 38.8 Å². The summed E-state index contributed by atoms with van der Waals surface area (Å²) < 4.78 is 0. The number of aromatic nitrogens is 2. The van der Waals surface area contributed by atoms with Gasteiger partial charge in [0.2, 0.25) is 11.8 Å². The predicted octanol–water partition coefficient (Wildman–Crippen LogP) is 1.92. The summed E-state index contributed by atoms with van der Waals surface area (Å²) in [5.74, 6) is 0.0304. The van der Waals surface area contributed by atoms with Crippen LogP contribution in [0.4, 0.5) is 0 Å². The molecule has 3 rings (SSSR count). The normalized spacial score (nSPS) is 20.1. The Kier molecular flexibility index (Phi) is 7.71. The molecular formula is C21H29N5O2S. The van der Waals surface area contributed by atoms with Crippen LogP contribution < -0.4 is 10.6 Å². The molecule has 2 aromatic rings. The summed E-state index contributed by atoms with van der Waals surface area (Å²) >= 11 is 1.50. The fraction of sp³-hybridized carbons (Fsp3) is 0.524. The fourth-order valence-corrected chi connectivity index (χ4v) is 4.31. The number of nitrogens with zero attached hydrogens (tertiary/aromatic N) is 3. The Morgan fingerprint density at radius 3 is 2.69 bits per heavy atom. The van der Waals surface area contributed by atoms with Gasteiger partial charge < -0.3 is 15.5 Å². The number of hydrogen-bond acceptors (Lipinski definition) is 6. The molecule has 2 heterocycles. The lowest BCUT2D eigenvalue weighted by Crippen LogP contribution is -2.42. The average molecular weight is 416 g/mol. The number of aryl methyl sites for hydroxylation is 2. The molecule has 0 bridgehead atoms. The molecule has 29 heavy (non-hydrogen) atoms. The second kappa shape index (κ2) is 10.5. The smallest absolute Gasteiger partial charge is 0.224 e. The SMILES string of the molecule is Cc1nnc(CNC(=O)[C@@H]2CC[C@H](NC(=O)CCc3ccccc3)CN(C)C2)s1. The van der Waals surface area contributed by atoms with Crippen LogP contribution in [0.3, 0.4) is 0 Å². The minimum atomic E-state index is -0.0831. The van der Waals surface area contributed by atoms with Gasteiger partial charge >= 0.3 is 0 Å². The number of likely N-dealkylation sites (tertiary alicyclic amines) is 1. The molecule has 0 aliphatic carbocycles. The van der Waals surface area contributed by atoms with Crippen molar-refractivity contribution in [2.75, 3.05) is 20.1 Å². The third-order valence-electron chi connectivity index (χ3n) is 5.13. The fourth-order valence-electron chi connectivity index (χ4n) is 3.66. The van der Waals surface area contributed by atoms with E-state index in [0.717, 1.165) is 35.8 Å². The van der Waals surface area contributed by atoms with Crippen molar-refractivity contribution < 1.29 is 9.59 Å². The third kappa shape index (κ3) is 6.90. The first kappa shape index (κ1) is 21.4. The molecule has 0 saturated carbocycles. The van der Waals surface area contributed by atoms with Crippen LogP contribution in [0.25, 0.3) is 0 Å². The van der Waals surface area contributed by atoms with Gasteiger partial charge in [-0.2, -0.15) is 0 Å². The maximum absolute atomic E-state index is 12.6. The molecule has 1 aliphatic heterocycles. The predicted molar refractivity (Wildman–Crippen MR) is 113 cm³/mol. The number of carbonyl (C=O) groups excluding carboxylic acids is 2. The molecule has 0 radical (unpaired) electrons. The van der Waals surface area contributed by atoms with Crippen LogP contribution in [0.5, 0.6) is 0 Å². The lowest BCUT2D eigenvalue weighted by Gasteiger charge is -2.22. The monoisotopic (exact) mass is 415 g/mol. The summed E-state index contributed by atoms with van der Waals surface area (Å²) in [6.45, 7) is 3.77. The Morgan fingerprint density at radius 2 is 1.97 bits per heavy atom. The standard InChI is InChI=1S/C21H29N5O2S/c1-15-24-25-20(29-15)12-22-21(28)17-9-10-18(14-26(2)13-17)23-19(27)11-8-16-6-4-3-5-7-16/h3-7,17-18H,8-14H2,1-2H3,(H,22,28)(H,23,27)/t17-,18+/m1/s1. The second-order valence-electron chi connectivity index (χ2n) is 7.68. The largest absolute Gasteiger partial charge is 0.352 e. The van der Waals surface area contributed by atoms with Crippen molar-refractivity contribution in [2.45, 2.75) is 45.2 Å². The lowest BCUT2D eigenvalue weighted by atomic mass is 10.0. The zero-order valence-corrected chi connectivity index (χ0v) is 17.9. The van der Waals surface area contributed by atoms with Gasteiger partial charge in [0.05, 0.1) is 12.5 Å². The number of likely N-dealkylation sites (N-methyl/N-ethyl adjacent to an activating group) is 1. The van der Waals surface area contributed by atoms with Gasteiger partial charge in [-0.3, -0.25) is 9.59 Å². The summed E-state index contributed by atoms with van der Waals surface area (Å²) in [5.41, 5.74) is 1.17. The molecule has 0 unspecified atom stereocenters. The van der Waals surface area contributed by atoms with Crippen LogP contribution in [0.1, 0.15) is 34.8 Å². The van der Waals surface area contributed by atoms with Gasteiger partial charge in [0, 0.05) is 25.6 Å². The highest BCUT2D eigenvalue weighted by molar-refractivity contribution is 7.11. The highest BCUT2D eigenvalue weighted by atomic mass is 32.1. The molecule has 7 nitrogen and oxygen atoms in total. The van der Waals surface area contributed by atoms with Crippen LogP contribution in [0, 0.1) is 12.8 Å². The first-order valence-corrected chi connectivity index (χ1v) is 10.9. The van der Waals surface area contributed by atoms with Crippen LogP contribution in [-0.4, -0.2) is 53.1 Å². The first-order valence-electron chi connectivity index (χ1n) is 10.1. The molecule has 2 amide bonds. The van der Waals surface area contributed by atoms with E-state index in [2.05, 4.69) is 25.7 Å². The number of hydrogen-bond donors (Lipinski definition) is 2. The van der Waals surface area contributed by atoms with E-state index < -0.39 is 0 Å². The highest BCUT2D eigenvalue weighted by Crippen LogP contribution is 2.17. The zero-order chi connectivity index (χ0) is 20.6. The maximum Gasteiger partial charge on any atom is 0.224 e. The zero-order valence-electron chi connectivity index (χ0n) is 17.1. The molecule has 1 aliphatic rings. The Labute approximate surface area is 175 Å². The van der Waals surface area contributed by atoms with Gasteiger partial charge in [-0.15, -0.1) is 10.2 Å². The van der Waals surface area contributed by atoms with E-state index in [9.17, 15) is 9.59 Å². The molecule has 0 spiro atoms. The summed E-state index contributed by atoms with van der Waals surface area (Å²) in [6, 6.07) is 10.1. The van der Waals surface area contributed by atoms with E-state index in [1.165, 1.54) is 16.9 Å². The number of nitrogens with one attached hydrogen (secondary N) is 2. The van der Waals surface area contributed by atoms with Gasteiger partial charge in [0.15, 0.2) is 0 Å². The third-order valence-corrected chi connectivity index (χ3v) is 5.97. The molecule has 1 saturated heterocycles. The lowest BCUT2D eigenvalue weighted by molar-refractivity contribution is -0.125. The number of benzene rings is 1. The van der Waals surface area contributed by atoms with Crippen molar-refractivity contribution in [3.63, 3.8) is 0 Å². The molecule has 2 N–H and O–H groups in total. The van der Waals surface area contributed by atoms with Crippen LogP contribution in [0.2, 0.25) is 0 Å². The Balaban J connectivity index is 1.44. The van der Waals surface area contributed by atoms with Crippen LogP contribution in [0.15, 0.2) is 30.3 Å². The van der Waals surface area contributed by atoms with Gasteiger partial charge in [0.25, 0.3) is 0 Å². The summed E-state index contributed by atoms with van der Waals surface area (Å²) in [6.07, 6.45) is 2.78. The minimum Gasteiger partial charge on any atom is -0.352 e. The van der Waals surface area contributed by atoms with E-state index in [-0.39, 0.29) is 23.8 Å². The Hall–Kier alpha value is -2.32. The molecule has 1 aromatic carbocycles. The van der Waals surface area contributed by atoms with Crippen molar-refractivity contribution in [2.24, 2.45) is 5.92 Å². The minimum absolute atomic E-state index is 0.0424. The summed E-state index contributed by atoms with van der Waals surface area (Å²) in [7, 11) is 2.00. The molecule has 1 aromatic heterocycles. The number of rotatable bonds is 7. The number of amides is 2. The van der Waals surface area contributed by atoms with Crippen molar-refractivity contribution in [3.8, 4) is 0 Å². The van der Waals surface area contributed by atoms with E-state index in [1.54, 1.807) is 0 Å². The average Bonchev–Trinajstić information content (AvgIpc) is 3.04. The van der Waals surface area contributed by atoms with E-state index >= 15 is 0 Å². The molecular weight excluding hydrogens is 386 g/mol. The second-order valence-corrected chi connectivity index (χ2v) is 8.94. The topological polar surface area (TPSA) is 87.2 Å². The molecule has 8 heteroatoms. The maximum atomic E-state index is 12.6. The summed E-state index contributed by atoms with van der Waals surface area (Å²) in [4.78, 5) is 27.1. The van der Waals surface area contributed by atoms with Crippen LogP contribution >= 0.6 is 11.3 Å². The van der Waals surface area contributed by atoms with Gasteiger partial charge in [-0.25, -0.2) is 0 Å². The van der Waals surface area contributed by atoms with Crippen molar-refractivity contribution in [3.05, 3.63) is 45.9 Å². The van der Waals surface area contributed by atoms with Crippen molar-refractivity contribution in [1.29, 1.82) is 0 Å². The van der Waals surface area contributed by atoms with Crippen LogP contribution in [-0.2, 0) is 22.6 Å². The molecule has 156 valence electrons. The summed E-state index contributed by atoms with van der Waals surface area (Å²) in [5, 5.41) is 15.9. The van der Waals surface area contributed by atoms with E-state index in [4.69, 9.17) is 0 Å². The highest BCUT2D eigenvalue weighted by Gasteiger charge is 2.27. The van der Waals surface area contributed by atoms with E-state index in [1.807, 2.05) is 44.3 Å². The van der Waals surface area contributed by atoms with Gasteiger partial charge in [-0.1, -0.05) is 41.7 Å². The quantitative estimate of drug-likeness (QED) is 0.721. The Bertz CT molecular complexity index is 810.